The van der Waals surface area contributed by atoms with Crippen molar-refractivity contribution in [2.45, 2.75) is 19.4 Å². The fourth-order valence-electron chi connectivity index (χ4n) is 1.18. The van der Waals surface area contributed by atoms with Gasteiger partial charge >= 0.3 is 0 Å². The Bertz CT molecular complexity index is 336. The van der Waals surface area contributed by atoms with Gasteiger partial charge in [0, 0.05) is 11.9 Å². The quantitative estimate of drug-likeness (QED) is 0.673. The molecule has 0 amide bonds. The molecule has 1 aromatic heterocycles. The maximum atomic E-state index is 4.14. The van der Waals surface area contributed by atoms with Gasteiger partial charge in [0.15, 0.2) is 0 Å². The molecule has 0 radical (unpaired) electrons. The van der Waals surface area contributed by atoms with Gasteiger partial charge in [0.2, 0.25) is 0 Å². The van der Waals surface area contributed by atoms with E-state index in [-0.39, 0.29) is 5.54 Å². The molecule has 4 heteroatoms. The minimum absolute atomic E-state index is 0.356. The number of aryl methyl sites for hydroxylation is 1. The van der Waals surface area contributed by atoms with Crippen LogP contribution in [0.2, 0.25) is 0 Å². The zero-order valence-electron chi connectivity index (χ0n) is 7.07. The van der Waals surface area contributed by atoms with Gasteiger partial charge in [-0.2, -0.15) is 15.3 Å². The normalized spacial score (nSPS) is 26.8. The lowest BCUT2D eigenvalue weighted by molar-refractivity contribution is 0.596. The number of aromatic nitrogens is 2. The van der Waals surface area contributed by atoms with Gasteiger partial charge in [0.1, 0.15) is 5.54 Å². The number of azo groups is 1. The van der Waals surface area contributed by atoms with Crippen molar-refractivity contribution in [3.05, 3.63) is 29.7 Å². The van der Waals surface area contributed by atoms with Crippen LogP contribution in [0.4, 0.5) is 0 Å². The van der Waals surface area contributed by atoms with Gasteiger partial charge in [-0.05, 0) is 26.0 Å². The summed E-state index contributed by atoms with van der Waals surface area (Å²) in [4.78, 5) is 0. The largest absolute Gasteiger partial charge is 0.282 e. The molecule has 1 aliphatic heterocycles. The maximum Gasteiger partial charge on any atom is 0.143 e. The van der Waals surface area contributed by atoms with Gasteiger partial charge in [-0.1, -0.05) is 0 Å². The molecule has 62 valence electrons. The van der Waals surface area contributed by atoms with Crippen molar-refractivity contribution < 1.29 is 0 Å². The van der Waals surface area contributed by atoms with E-state index in [0.717, 1.165) is 11.4 Å². The molecule has 0 saturated carbocycles. The summed E-state index contributed by atoms with van der Waals surface area (Å²) in [6, 6.07) is 1.98. The van der Waals surface area contributed by atoms with Crippen molar-refractivity contribution in [3.8, 4) is 0 Å². The SMILES string of the molecule is Cc1cc(C2(C)C=CN=N2)n[nH]1. The summed E-state index contributed by atoms with van der Waals surface area (Å²) in [6.07, 6.45) is 3.63. The zero-order valence-corrected chi connectivity index (χ0v) is 7.07. The lowest BCUT2D eigenvalue weighted by atomic mass is 10.00. The van der Waals surface area contributed by atoms with Crippen LogP contribution in [0.25, 0.3) is 0 Å². The number of aromatic amines is 1. The Kier molecular flexibility index (Phi) is 1.36. The third-order valence-electron chi connectivity index (χ3n) is 1.96. The first-order valence-electron chi connectivity index (χ1n) is 3.83. The molecule has 0 saturated heterocycles. The van der Waals surface area contributed by atoms with E-state index in [1.165, 1.54) is 0 Å². The van der Waals surface area contributed by atoms with Crippen molar-refractivity contribution in [3.63, 3.8) is 0 Å². The summed E-state index contributed by atoms with van der Waals surface area (Å²) >= 11 is 0. The average Bonchev–Trinajstić information content (AvgIpc) is 2.59. The van der Waals surface area contributed by atoms with Crippen LogP contribution in [0, 0.1) is 6.92 Å². The fourth-order valence-corrected chi connectivity index (χ4v) is 1.18. The molecular weight excluding hydrogens is 152 g/mol. The van der Waals surface area contributed by atoms with Crippen molar-refractivity contribution in [2.75, 3.05) is 0 Å². The van der Waals surface area contributed by atoms with Crippen LogP contribution in [-0.4, -0.2) is 10.2 Å². The molecule has 0 fully saturated rings. The number of nitrogens with one attached hydrogen (secondary N) is 1. The minimum atomic E-state index is -0.356. The molecule has 4 nitrogen and oxygen atoms in total. The molecule has 1 aromatic rings. The van der Waals surface area contributed by atoms with Crippen LogP contribution >= 0.6 is 0 Å². The Balaban J connectivity index is 2.42. The first-order valence-corrected chi connectivity index (χ1v) is 3.83. The topological polar surface area (TPSA) is 53.4 Å². The standard InChI is InChI=1S/C8H10N4/c1-6-5-7(11-10-6)8(2)3-4-9-12-8/h3-5H,1-2H3,(H,10,11). The first kappa shape index (κ1) is 7.21. The lowest BCUT2D eigenvalue weighted by Gasteiger charge is -2.11. The molecule has 2 heterocycles. The van der Waals surface area contributed by atoms with Crippen LogP contribution in [0.5, 0.6) is 0 Å². The monoisotopic (exact) mass is 162 g/mol. The second-order valence-corrected chi connectivity index (χ2v) is 3.11. The van der Waals surface area contributed by atoms with Crippen LogP contribution in [0.1, 0.15) is 18.3 Å². The molecule has 1 N–H and O–H groups in total. The highest BCUT2D eigenvalue weighted by Gasteiger charge is 2.28. The molecule has 0 bridgehead atoms. The van der Waals surface area contributed by atoms with Crippen molar-refractivity contribution >= 4 is 0 Å². The molecule has 2 rings (SSSR count). The Labute approximate surface area is 70.4 Å². The fraction of sp³-hybridized carbons (Fsp3) is 0.375. The Hall–Kier alpha value is -1.45. The Morgan fingerprint density at radius 2 is 2.33 bits per heavy atom. The predicted octanol–water partition coefficient (Wildman–Crippen LogP) is 1.91. The van der Waals surface area contributed by atoms with E-state index in [4.69, 9.17) is 0 Å². The highest BCUT2D eigenvalue weighted by atomic mass is 15.2. The van der Waals surface area contributed by atoms with Crippen molar-refractivity contribution in [1.29, 1.82) is 0 Å². The molecule has 0 aliphatic carbocycles. The van der Waals surface area contributed by atoms with E-state index in [0.29, 0.717) is 0 Å². The van der Waals surface area contributed by atoms with Crippen LogP contribution < -0.4 is 0 Å². The highest BCUT2D eigenvalue weighted by molar-refractivity contribution is 5.24. The van der Waals surface area contributed by atoms with Gasteiger partial charge in [-0.15, -0.1) is 0 Å². The first-order chi connectivity index (χ1) is 5.71. The van der Waals surface area contributed by atoms with Crippen LogP contribution in [0.3, 0.4) is 0 Å². The Morgan fingerprint density at radius 1 is 1.50 bits per heavy atom. The van der Waals surface area contributed by atoms with E-state index in [2.05, 4.69) is 20.4 Å². The second kappa shape index (κ2) is 2.27. The number of hydrogen-bond acceptors (Lipinski definition) is 3. The summed E-state index contributed by atoms with van der Waals surface area (Å²) in [5.41, 5.74) is 1.60. The molecule has 1 unspecified atom stereocenters. The number of nitrogens with zero attached hydrogens (tertiary/aromatic N) is 3. The van der Waals surface area contributed by atoms with Crippen molar-refractivity contribution in [2.24, 2.45) is 10.2 Å². The molecule has 1 aliphatic rings. The number of H-pyrrole nitrogens is 1. The summed E-state index contributed by atoms with van der Waals surface area (Å²) < 4.78 is 0. The average molecular weight is 162 g/mol. The maximum absolute atomic E-state index is 4.14. The summed E-state index contributed by atoms with van der Waals surface area (Å²) in [6.45, 7) is 3.95. The van der Waals surface area contributed by atoms with E-state index in [1.807, 2.05) is 26.0 Å². The highest BCUT2D eigenvalue weighted by Crippen LogP contribution is 2.29. The smallest absolute Gasteiger partial charge is 0.143 e. The molecule has 0 aromatic carbocycles. The van der Waals surface area contributed by atoms with E-state index in [1.54, 1.807) is 6.20 Å². The predicted molar refractivity (Wildman–Crippen MR) is 44.7 cm³/mol. The Morgan fingerprint density at radius 3 is 2.83 bits per heavy atom. The van der Waals surface area contributed by atoms with Crippen LogP contribution in [-0.2, 0) is 5.54 Å². The van der Waals surface area contributed by atoms with Gasteiger partial charge in [0.25, 0.3) is 0 Å². The summed E-state index contributed by atoms with van der Waals surface area (Å²) in [5, 5.41) is 14.9. The van der Waals surface area contributed by atoms with E-state index < -0.39 is 0 Å². The summed E-state index contributed by atoms with van der Waals surface area (Å²) in [7, 11) is 0. The van der Waals surface area contributed by atoms with Gasteiger partial charge < -0.3 is 0 Å². The molecule has 0 spiro atoms. The van der Waals surface area contributed by atoms with Gasteiger partial charge in [-0.25, -0.2) is 0 Å². The zero-order chi connectivity index (χ0) is 8.60. The van der Waals surface area contributed by atoms with E-state index >= 15 is 0 Å². The van der Waals surface area contributed by atoms with E-state index in [9.17, 15) is 0 Å². The van der Waals surface area contributed by atoms with Gasteiger partial charge in [-0.3, -0.25) is 5.10 Å². The molecule has 12 heavy (non-hydrogen) atoms. The van der Waals surface area contributed by atoms with Crippen molar-refractivity contribution in [1.82, 2.24) is 10.2 Å². The minimum Gasteiger partial charge on any atom is -0.282 e. The van der Waals surface area contributed by atoms with Crippen LogP contribution in [0.15, 0.2) is 28.6 Å². The molecule has 1 atom stereocenters. The molecular formula is C8H10N4. The van der Waals surface area contributed by atoms with Gasteiger partial charge in [0.05, 0.1) is 5.69 Å². The lowest BCUT2D eigenvalue weighted by Crippen LogP contribution is -2.13. The number of rotatable bonds is 1. The summed E-state index contributed by atoms with van der Waals surface area (Å²) in [5.74, 6) is 0. The second-order valence-electron chi connectivity index (χ2n) is 3.11. The number of hydrogen-bond donors (Lipinski definition) is 1. The third kappa shape index (κ3) is 0.958. The third-order valence-corrected chi connectivity index (χ3v) is 1.96.